The molecule has 3 rings (SSSR count). The Morgan fingerprint density at radius 2 is 2.12 bits per heavy atom. The molecule has 1 aliphatic rings. The zero-order valence-electron chi connectivity index (χ0n) is 15.2. The second-order valence-corrected chi connectivity index (χ2v) is 6.53. The van der Waals surface area contributed by atoms with Crippen molar-refractivity contribution in [1.82, 2.24) is 9.97 Å². The molecule has 2 heterocycles. The first-order chi connectivity index (χ1) is 12.3. The lowest BCUT2D eigenvalue weighted by Gasteiger charge is -2.13. The van der Waals surface area contributed by atoms with E-state index in [2.05, 4.69) is 47.3 Å². The molecular weight excluding hydrogens is 314 g/mol. The van der Waals surface area contributed by atoms with Gasteiger partial charge in [0.25, 0.3) is 0 Å². The molecule has 1 aromatic carbocycles. The molecule has 1 aliphatic heterocycles. The average molecular weight is 341 g/mol. The fourth-order valence-electron chi connectivity index (χ4n) is 2.86. The molecule has 0 saturated carbocycles. The fourth-order valence-corrected chi connectivity index (χ4v) is 2.86. The number of hydrogen-bond acceptors (Lipinski definition) is 5. The Morgan fingerprint density at radius 1 is 1.20 bits per heavy atom. The van der Waals surface area contributed by atoms with Gasteiger partial charge in [-0.05, 0) is 25.0 Å². The summed E-state index contributed by atoms with van der Waals surface area (Å²) in [6, 6.07) is 6.33. The monoisotopic (exact) mass is 341 g/mol. The molecule has 0 amide bonds. The minimum Gasteiger partial charge on any atom is -0.493 e. The summed E-state index contributed by atoms with van der Waals surface area (Å²) in [6.07, 6.45) is 6.68. The molecule has 25 heavy (non-hydrogen) atoms. The van der Waals surface area contributed by atoms with Crippen LogP contribution in [0.3, 0.4) is 0 Å². The number of aromatic nitrogens is 2. The maximum absolute atomic E-state index is 6.03. The molecule has 2 aromatic rings. The van der Waals surface area contributed by atoms with Crippen molar-refractivity contribution in [3.05, 3.63) is 46.8 Å². The lowest BCUT2D eigenvalue weighted by atomic mass is 10.1. The molecule has 5 nitrogen and oxygen atoms in total. The minimum absolute atomic E-state index is 0.573. The van der Waals surface area contributed by atoms with Crippen molar-refractivity contribution < 1.29 is 9.47 Å². The normalized spacial score (nSPS) is 12.9. The summed E-state index contributed by atoms with van der Waals surface area (Å²) in [6.45, 7) is 6.91. The van der Waals surface area contributed by atoms with Gasteiger partial charge in [-0.3, -0.25) is 0 Å². The van der Waals surface area contributed by atoms with Gasteiger partial charge in [0.05, 0.1) is 25.5 Å². The zero-order valence-corrected chi connectivity index (χ0v) is 15.2. The van der Waals surface area contributed by atoms with Crippen molar-refractivity contribution >= 4 is 5.95 Å². The SMILES string of the molecule is CCCCCCOc1cc(C)ccc1CNc1ncc2c(n1)COC2. The number of aryl methyl sites for hydroxylation is 1. The first-order valence-electron chi connectivity index (χ1n) is 9.15. The van der Waals surface area contributed by atoms with E-state index in [1.54, 1.807) is 0 Å². The second kappa shape index (κ2) is 8.81. The van der Waals surface area contributed by atoms with Crippen LogP contribution in [0.4, 0.5) is 5.95 Å². The number of fused-ring (bicyclic) bond motifs is 1. The molecule has 0 radical (unpaired) electrons. The molecule has 1 aromatic heterocycles. The third-order valence-corrected chi connectivity index (χ3v) is 4.37. The van der Waals surface area contributed by atoms with E-state index in [4.69, 9.17) is 9.47 Å². The van der Waals surface area contributed by atoms with E-state index < -0.39 is 0 Å². The summed E-state index contributed by atoms with van der Waals surface area (Å²) in [5, 5.41) is 3.30. The van der Waals surface area contributed by atoms with Gasteiger partial charge in [0.15, 0.2) is 0 Å². The van der Waals surface area contributed by atoms with Crippen LogP contribution in [0.1, 0.15) is 55.0 Å². The summed E-state index contributed by atoms with van der Waals surface area (Å²) >= 11 is 0. The number of ether oxygens (including phenoxy) is 2. The zero-order chi connectivity index (χ0) is 17.5. The molecular formula is C20H27N3O2. The largest absolute Gasteiger partial charge is 0.493 e. The van der Waals surface area contributed by atoms with Crippen LogP contribution >= 0.6 is 0 Å². The Bertz CT molecular complexity index is 703. The van der Waals surface area contributed by atoms with E-state index in [1.807, 2.05) is 6.20 Å². The summed E-state index contributed by atoms with van der Waals surface area (Å²) < 4.78 is 11.4. The van der Waals surface area contributed by atoms with Crippen molar-refractivity contribution in [3.8, 4) is 5.75 Å². The van der Waals surface area contributed by atoms with E-state index >= 15 is 0 Å². The third kappa shape index (κ3) is 4.92. The number of hydrogen-bond donors (Lipinski definition) is 1. The van der Waals surface area contributed by atoms with E-state index in [9.17, 15) is 0 Å². The Kier molecular flexibility index (Phi) is 6.23. The van der Waals surface area contributed by atoms with Crippen LogP contribution < -0.4 is 10.1 Å². The highest BCUT2D eigenvalue weighted by Crippen LogP contribution is 2.23. The van der Waals surface area contributed by atoms with Crippen LogP contribution in [0.15, 0.2) is 24.4 Å². The first kappa shape index (κ1) is 17.7. The predicted octanol–water partition coefficient (Wildman–Crippen LogP) is 4.39. The van der Waals surface area contributed by atoms with Gasteiger partial charge < -0.3 is 14.8 Å². The number of nitrogens with one attached hydrogen (secondary N) is 1. The molecule has 0 unspecified atom stereocenters. The van der Waals surface area contributed by atoms with Crippen molar-refractivity contribution in [3.63, 3.8) is 0 Å². The van der Waals surface area contributed by atoms with E-state index in [1.165, 1.54) is 24.8 Å². The van der Waals surface area contributed by atoms with Gasteiger partial charge in [-0.15, -0.1) is 0 Å². The van der Waals surface area contributed by atoms with Crippen molar-refractivity contribution in [2.24, 2.45) is 0 Å². The van der Waals surface area contributed by atoms with Gasteiger partial charge in [0.1, 0.15) is 5.75 Å². The maximum Gasteiger partial charge on any atom is 0.223 e. The number of rotatable bonds is 9. The van der Waals surface area contributed by atoms with Gasteiger partial charge >= 0.3 is 0 Å². The topological polar surface area (TPSA) is 56.3 Å². The maximum atomic E-state index is 6.03. The highest BCUT2D eigenvalue weighted by Gasteiger charge is 2.14. The van der Waals surface area contributed by atoms with Crippen molar-refractivity contribution in [2.75, 3.05) is 11.9 Å². The fraction of sp³-hybridized carbons (Fsp3) is 0.500. The molecule has 0 aliphatic carbocycles. The average Bonchev–Trinajstić information content (AvgIpc) is 3.08. The summed E-state index contributed by atoms with van der Waals surface area (Å²) in [7, 11) is 0. The van der Waals surface area contributed by atoms with E-state index in [-0.39, 0.29) is 0 Å². The standard InChI is InChI=1S/C20H27N3O2/c1-3-4-5-6-9-25-19-10-15(2)7-8-16(19)11-21-20-22-12-17-13-24-14-18(17)23-20/h7-8,10,12H,3-6,9,11,13-14H2,1-2H3,(H,21,22,23). The number of benzene rings is 1. The number of nitrogens with zero attached hydrogens (tertiary/aromatic N) is 2. The molecule has 1 N–H and O–H groups in total. The van der Waals surface area contributed by atoms with Crippen LogP contribution in [-0.4, -0.2) is 16.6 Å². The Balaban J connectivity index is 1.59. The van der Waals surface area contributed by atoms with Crippen LogP contribution in [-0.2, 0) is 24.5 Å². The van der Waals surface area contributed by atoms with Crippen LogP contribution in [0.5, 0.6) is 5.75 Å². The van der Waals surface area contributed by atoms with Crippen LogP contribution in [0, 0.1) is 6.92 Å². The Labute approximate surface area is 149 Å². The molecule has 0 saturated heterocycles. The van der Waals surface area contributed by atoms with Crippen LogP contribution in [0.2, 0.25) is 0 Å². The van der Waals surface area contributed by atoms with Crippen molar-refractivity contribution in [2.45, 2.75) is 59.3 Å². The van der Waals surface area contributed by atoms with Crippen molar-refractivity contribution in [1.29, 1.82) is 0 Å². The third-order valence-electron chi connectivity index (χ3n) is 4.37. The molecule has 0 atom stereocenters. The second-order valence-electron chi connectivity index (χ2n) is 6.53. The number of anilines is 1. The molecule has 0 spiro atoms. The van der Waals surface area contributed by atoms with E-state index in [0.29, 0.717) is 25.7 Å². The highest BCUT2D eigenvalue weighted by molar-refractivity contribution is 5.40. The smallest absolute Gasteiger partial charge is 0.223 e. The van der Waals surface area contributed by atoms with Gasteiger partial charge in [0.2, 0.25) is 5.95 Å². The Hall–Kier alpha value is -2.14. The lowest BCUT2D eigenvalue weighted by Crippen LogP contribution is -2.08. The number of unbranched alkanes of at least 4 members (excludes halogenated alkanes) is 3. The first-order valence-corrected chi connectivity index (χ1v) is 9.15. The van der Waals surface area contributed by atoms with E-state index in [0.717, 1.165) is 35.6 Å². The van der Waals surface area contributed by atoms with Gasteiger partial charge in [0, 0.05) is 23.9 Å². The van der Waals surface area contributed by atoms with Gasteiger partial charge in [-0.2, -0.15) is 0 Å². The van der Waals surface area contributed by atoms with Gasteiger partial charge in [-0.1, -0.05) is 38.3 Å². The lowest BCUT2D eigenvalue weighted by molar-refractivity contribution is 0.133. The molecule has 0 bridgehead atoms. The van der Waals surface area contributed by atoms with Gasteiger partial charge in [-0.25, -0.2) is 9.97 Å². The summed E-state index contributed by atoms with van der Waals surface area (Å²) in [5.74, 6) is 1.59. The minimum atomic E-state index is 0.573. The summed E-state index contributed by atoms with van der Waals surface area (Å²) in [4.78, 5) is 8.89. The molecule has 5 heteroatoms. The van der Waals surface area contributed by atoms with Crippen LogP contribution in [0.25, 0.3) is 0 Å². The Morgan fingerprint density at radius 3 is 3.00 bits per heavy atom. The summed E-state index contributed by atoms with van der Waals surface area (Å²) in [5.41, 5.74) is 4.39. The predicted molar refractivity (Wildman–Crippen MR) is 98.7 cm³/mol. The highest BCUT2D eigenvalue weighted by atomic mass is 16.5. The molecule has 0 fully saturated rings. The molecule has 134 valence electrons. The quantitative estimate of drug-likeness (QED) is 0.686.